The molecule has 0 radical (unpaired) electrons. The summed E-state index contributed by atoms with van der Waals surface area (Å²) in [5.74, 6) is -0.0870. The zero-order chi connectivity index (χ0) is 16.6. The molecule has 2 aromatic carbocycles. The Morgan fingerprint density at radius 1 is 1.13 bits per heavy atom. The number of aryl methyl sites for hydroxylation is 1. The molecule has 5 heteroatoms. The number of carbonyl (C=O) groups excluding carboxylic acids is 1. The van der Waals surface area contributed by atoms with Crippen molar-refractivity contribution in [3.63, 3.8) is 0 Å². The Morgan fingerprint density at radius 2 is 1.83 bits per heavy atom. The number of halogens is 1. The van der Waals surface area contributed by atoms with Crippen LogP contribution in [0.5, 0.6) is 5.75 Å². The number of benzene rings is 2. The van der Waals surface area contributed by atoms with Crippen molar-refractivity contribution < 1.29 is 18.7 Å². The predicted molar refractivity (Wildman–Crippen MR) is 86.3 cm³/mol. The minimum atomic E-state index is -0.398. The third-order valence-corrected chi connectivity index (χ3v) is 3.85. The largest absolute Gasteiger partial charge is 0.496 e. The van der Waals surface area contributed by atoms with Crippen LogP contribution in [0.1, 0.15) is 16.1 Å². The van der Waals surface area contributed by atoms with Crippen LogP contribution in [-0.2, 0) is 4.74 Å². The number of ether oxygens (including phenoxy) is 2. The molecular formula is C18H16FNO3. The van der Waals surface area contributed by atoms with Crippen LogP contribution in [0, 0.1) is 12.7 Å². The number of rotatable bonds is 3. The van der Waals surface area contributed by atoms with E-state index in [0.717, 1.165) is 27.7 Å². The summed E-state index contributed by atoms with van der Waals surface area (Å²) in [6.45, 7) is 1.82. The highest BCUT2D eigenvalue weighted by atomic mass is 19.1. The van der Waals surface area contributed by atoms with Gasteiger partial charge in [-0.05, 0) is 36.8 Å². The van der Waals surface area contributed by atoms with E-state index in [4.69, 9.17) is 9.47 Å². The Kier molecular flexibility index (Phi) is 3.78. The molecule has 0 atom stereocenters. The van der Waals surface area contributed by atoms with Crippen LogP contribution in [0.4, 0.5) is 4.39 Å². The van der Waals surface area contributed by atoms with E-state index in [1.807, 2.05) is 13.0 Å². The van der Waals surface area contributed by atoms with Gasteiger partial charge in [0.1, 0.15) is 11.6 Å². The van der Waals surface area contributed by atoms with Crippen molar-refractivity contribution in [2.24, 2.45) is 0 Å². The van der Waals surface area contributed by atoms with E-state index < -0.39 is 5.97 Å². The monoisotopic (exact) mass is 313 g/mol. The lowest BCUT2D eigenvalue weighted by molar-refractivity contribution is 0.0602. The van der Waals surface area contributed by atoms with Crippen molar-refractivity contribution in [1.29, 1.82) is 0 Å². The molecule has 1 aromatic heterocycles. The van der Waals surface area contributed by atoms with E-state index in [2.05, 4.69) is 4.98 Å². The number of fused-ring (bicyclic) bond motifs is 1. The highest BCUT2D eigenvalue weighted by Gasteiger charge is 2.19. The van der Waals surface area contributed by atoms with Crippen molar-refractivity contribution in [3.8, 4) is 16.9 Å². The number of esters is 1. The van der Waals surface area contributed by atoms with Gasteiger partial charge in [0.15, 0.2) is 0 Å². The number of hydrogen-bond donors (Lipinski definition) is 1. The van der Waals surface area contributed by atoms with E-state index >= 15 is 0 Å². The predicted octanol–water partition coefficient (Wildman–Crippen LogP) is 4.08. The molecule has 0 saturated carbocycles. The van der Waals surface area contributed by atoms with E-state index in [0.29, 0.717) is 11.3 Å². The molecular weight excluding hydrogens is 297 g/mol. The Morgan fingerprint density at radius 3 is 2.43 bits per heavy atom. The summed E-state index contributed by atoms with van der Waals surface area (Å²) < 4.78 is 23.4. The van der Waals surface area contributed by atoms with Crippen molar-refractivity contribution >= 4 is 16.9 Å². The third kappa shape index (κ3) is 2.54. The summed E-state index contributed by atoms with van der Waals surface area (Å²) in [6.07, 6.45) is 0. The van der Waals surface area contributed by atoms with E-state index in [1.54, 1.807) is 25.3 Å². The van der Waals surface area contributed by atoms with Crippen LogP contribution in [0.15, 0.2) is 36.4 Å². The first-order chi connectivity index (χ1) is 11.0. The molecule has 0 bridgehead atoms. The van der Waals surface area contributed by atoms with Gasteiger partial charge in [-0.25, -0.2) is 9.18 Å². The van der Waals surface area contributed by atoms with E-state index in [-0.39, 0.29) is 5.82 Å². The maximum atomic E-state index is 13.1. The van der Waals surface area contributed by atoms with E-state index in [1.165, 1.54) is 19.2 Å². The van der Waals surface area contributed by atoms with Crippen LogP contribution < -0.4 is 4.74 Å². The normalized spacial score (nSPS) is 10.8. The lowest BCUT2D eigenvalue weighted by atomic mass is 10.0. The highest BCUT2D eigenvalue weighted by molar-refractivity contribution is 6.07. The van der Waals surface area contributed by atoms with Gasteiger partial charge in [-0.2, -0.15) is 0 Å². The van der Waals surface area contributed by atoms with Crippen LogP contribution in [0.25, 0.3) is 22.0 Å². The summed E-state index contributed by atoms with van der Waals surface area (Å²) >= 11 is 0. The van der Waals surface area contributed by atoms with Gasteiger partial charge in [-0.1, -0.05) is 12.1 Å². The van der Waals surface area contributed by atoms with Gasteiger partial charge in [0.05, 0.1) is 19.8 Å². The lowest BCUT2D eigenvalue weighted by Gasteiger charge is -2.10. The molecule has 0 fully saturated rings. The average Bonchev–Trinajstić information content (AvgIpc) is 2.88. The Balaban J connectivity index is 2.25. The number of hydrogen-bond acceptors (Lipinski definition) is 3. The van der Waals surface area contributed by atoms with Crippen molar-refractivity contribution in [1.82, 2.24) is 4.98 Å². The van der Waals surface area contributed by atoms with Gasteiger partial charge in [-0.3, -0.25) is 0 Å². The van der Waals surface area contributed by atoms with Crippen molar-refractivity contribution in [2.75, 3.05) is 14.2 Å². The number of aromatic nitrogens is 1. The van der Waals surface area contributed by atoms with Gasteiger partial charge >= 0.3 is 5.97 Å². The Bertz CT molecular complexity index is 881. The molecule has 0 spiro atoms. The lowest BCUT2D eigenvalue weighted by Crippen LogP contribution is -2.02. The maximum Gasteiger partial charge on any atom is 0.340 e. The minimum absolute atomic E-state index is 0.294. The highest BCUT2D eigenvalue weighted by Crippen LogP contribution is 2.36. The SMILES string of the molecule is COC(=O)c1c(C)[nH]c2cc(-c3ccc(F)cc3)c(OC)cc12. The van der Waals surface area contributed by atoms with Gasteiger partial charge in [0.2, 0.25) is 0 Å². The average molecular weight is 313 g/mol. The fourth-order valence-corrected chi connectivity index (χ4v) is 2.75. The van der Waals surface area contributed by atoms with Crippen LogP contribution in [0.2, 0.25) is 0 Å². The van der Waals surface area contributed by atoms with Gasteiger partial charge in [0.25, 0.3) is 0 Å². The molecule has 0 aliphatic carbocycles. The molecule has 118 valence electrons. The molecule has 0 aliphatic rings. The number of carbonyl (C=O) groups is 1. The quantitative estimate of drug-likeness (QED) is 0.741. The fourth-order valence-electron chi connectivity index (χ4n) is 2.75. The first kappa shape index (κ1) is 15.1. The molecule has 1 heterocycles. The summed E-state index contributed by atoms with van der Waals surface area (Å²) in [5.41, 5.74) is 3.66. The van der Waals surface area contributed by atoms with E-state index in [9.17, 15) is 9.18 Å². The minimum Gasteiger partial charge on any atom is -0.496 e. The van der Waals surface area contributed by atoms with Crippen LogP contribution in [-0.4, -0.2) is 25.2 Å². The van der Waals surface area contributed by atoms with Crippen LogP contribution >= 0.6 is 0 Å². The summed E-state index contributed by atoms with van der Waals surface area (Å²) in [6, 6.07) is 9.87. The summed E-state index contributed by atoms with van der Waals surface area (Å²) in [7, 11) is 2.91. The molecule has 4 nitrogen and oxygen atoms in total. The smallest absolute Gasteiger partial charge is 0.340 e. The molecule has 0 saturated heterocycles. The number of aromatic amines is 1. The topological polar surface area (TPSA) is 51.3 Å². The first-order valence-corrected chi connectivity index (χ1v) is 7.09. The summed E-state index contributed by atoms with van der Waals surface area (Å²) in [4.78, 5) is 15.2. The Labute approximate surface area is 132 Å². The van der Waals surface area contributed by atoms with Gasteiger partial charge in [-0.15, -0.1) is 0 Å². The number of H-pyrrole nitrogens is 1. The number of nitrogens with one attached hydrogen (secondary N) is 1. The molecule has 1 N–H and O–H groups in total. The molecule has 3 rings (SSSR count). The van der Waals surface area contributed by atoms with Gasteiger partial charge < -0.3 is 14.5 Å². The van der Waals surface area contributed by atoms with Gasteiger partial charge in [0, 0.05) is 22.2 Å². The molecule has 0 amide bonds. The zero-order valence-corrected chi connectivity index (χ0v) is 13.1. The zero-order valence-electron chi connectivity index (χ0n) is 13.1. The maximum absolute atomic E-state index is 13.1. The molecule has 3 aromatic rings. The van der Waals surface area contributed by atoms with Crippen molar-refractivity contribution in [2.45, 2.75) is 6.92 Å². The van der Waals surface area contributed by atoms with Crippen LogP contribution in [0.3, 0.4) is 0 Å². The summed E-state index contributed by atoms with van der Waals surface area (Å²) in [5, 5.41) is 0.733. The fraction of sp³-hybridized carbons (Fsp3) is 0.167. The molecule has 23 heavy (non-hydrogen) atoms. The Hall–Kier alpha value is -2.82. The van der Waals surface area contributed by atoms with Crippen molar-refractivity contribution in [3.05, 3.63) is 53.5 Å². The first-order valence-electron chi connectivity index (χ1n) is 7.09. The molecule has 0 unspecified atom stereocenters. The number of methoxy groups -OCH3 is 2. The second kappa shape index (κ2) is 5.76. The molecule has 0 aliphatic heterocycles. The second-order valence-electron chi connectivity index (χ2n) is 5.22. The third-order valence-electron chi connectivity index (χ3n) is 3.85. The standard InChI is InChI=1S/C18H16FNO3/c1-10-17(18(21)23-3)14-9-16(22-2)13(8-15(14)20-10)11-4-6-12(19)7-5-11/h4-9,20H,1-3H3. The second-order valence-corrected chi connectivity index (χ2v) is 5.22.